The molecule has 0 saturated heterocycles. The van der Waals surface area contributed by atoms with Crippen LogP contribution in [0.5, 0.6) is 0 Å². The molecule has 0 amide bonds. The zero-order valence-electron chi connectivity index (χ0n) is 9.74. The number of benzene rings is 2. The maximum Gasteiger partial charge on any atom is 0.124 e. The van der Waals surface area contributed by atoms with Crippen LogP contribution < -0.4 is 0 Å². The Morgan fingerprint density at radius 2 is 1.89 bits per heavy atom. The lowest BCUT2D eigenvalue weighted by atomic mass is 10.2. The third kappa shape index (κ3) is 1.52. The Morgan fingerprint density at radius 3 is 2.79 bits per heavy atom. The van der Waals surface area contributed by atoms with Gasteiger partial charge >= 0.3 is 0 Å². The maximum absolute atomic E-state index is 13.4. The number of aromatic nitrogens is 2. The molecule has 0 saturated carbocycles. The molecule has 0 fully saturated rings. The molecule has 0 unspecified atom stereocenters. The minimum atomic E-state index is -0.263. The van der Waals surface area contributed by atoms with Crippen molar-refractivity contribution in [2.24, 2.45) is 0 Å². The fourth-order valence-corrected chi connectivity index (χ4v) is 2.65. The van der Waals surface area contributed by atoms with Gasteiger partial charge in [0.2, 0.25) is 0 Å². The molecule has 4 rings (SSSR count). The minimum Gasteiger partial charge on any atom is -0.353 e. The molecule has 0 aliphatic carbocycles. The first-order valence-corrected chi connectivity index (χ1v) is 6.26. The molecule has 0 aliphatic heterocycles. The van der Waals surface area contributed by atoms with Gasteiger partial charge in [-0.1, -0.05) is 17.7 Å². The number of H-pyrrole nitrogens is 1. The summed E-state index contributed by atoms with van der Waals surface area (Å²) < 4.78 is 13.4. The van der Waals surface area contributed by atoms with Gasteiger partial charge in [-0.3, -0.25) is 0 Å². The number of nitrogens with zero attached hydrogens (tertiary/aromatic N) is 1. The van der Waals surface area contributed by atoms with E-state index in [0.29, 0.717) is 5.02 Å². The first-order valence-electron chi connectivity index (χ1n) is 5.88. The van der Waals surface area contributed by atoms with Crippen LogP contribution in [0.25, 0.3) is 32.8 Å². The first-order chi connectivity index (χ1) is 9.22. The summed E-state index contributed by atoms with van der Waals surface area (Å²) in [6.07, 6.45) is 0. The first kappa shape index (κ1) is 10.8. The molecule has 4 heteroatoms. The van der Waals surface area contributed by atoms with Crippen LogP contribution in [0.1, 0.15) is 0 Å². The van der Waals surface area contributed by atoms with E-state index in [-0.39, 0.29) is 5.82 Å². The van der Waals surface area contributed by atoms with Crippen LogP contribution in [0.4, 0.5) is 4.39 Å². The van der Waals surface area contributed by atoms with Crippen molar-refractivity contribution in [3.63, 3.8) is 0 Å². The number of halogens is 2. The van der Waals surface area contributed by atoms with Crippen molar-refractivity contribution < 1.29 is 4.39 Å². The van der Waals surface area contributed by atoms with Gasteiger partial charge in [-0.15, -0.1) is 0 Å². The van der Waals surface area contributed by atoms with E-state index < -0.39 is 0 Å². The Balaban J connectivity index is 2.24. The van der Waals surface area contributed by atoms with Crippen molar-refractivity contribution in [2.45, 2.75) is 0 Å². The third-order valence-corrected chi connectivity index (χ3v) is 3.64. The second-order valence-electron chi connectivity index (χ2n) is 4.51. The maximum atomic E-state index is 13.4. The average molecular weight is 271 g/mol. The molecule has 0 atom stereocenters. The van der Waals surface area contributed by atoms with Crippen molar-refractivity contribution in [1.29, 1.82) is 0 Å². The Hall–Kier alpha value is -2.13. The lowest BCUT2D eigenvalue weighted by Gasteiger charge is -2.00. The topological polar surface area (TPSA) is 28.7 Å². The summed E-state index contributed by atoms with van der Waals surface area (Å²) >= 11 is 6.17. The molecule has 0 bridgehead atoms. The highest BCUT2D eigenvalue weighted by Gasteiger charge is 2.09. The highest BCUT2D eigenvalue weighted by atomic mass is 35.5. The number of pyridine rings is 1. The molecule has 19 heavy (non-hydrogen) atoms. The average Bonchev–Trinajstić information content (AvgIpc) is 2.75. The normalized spacial score (nSPS) is 11.7. The Labute approximate surface area is 112 Å². The predicted molar refractivity (Wildman–Crippen MR) is 76.1 cm³/mol. The third-order valence-electron chi connectivity index (χ3n) is 3.31. The van der Waals surface area contributed by atoms with Gasteiger partial charge in [-0.25, -0.2) is 9.37 Å². The Kier molecular flexibility index (Phi) is 2.09. The van der Waals surface area contributed by atoms with E-state index in [0.717, 1.165) is 32.8 Å². The highest BCUT2D eigenvalue weighted by Crippen LogP contribution is 2.30. The van der Waals surface area contributed by atoms with Gasteiger partial charge in [-0.05, 0) is 36.4 Å². The van der Waals surface area contributed by atoms with Gasteiger partial charge in [0.15, 0.2) is 0 Å². The van der Waals surface area contributed by atoms with E-state index in [1.165, 1.54) is 12.1 Å². The van der Waals surface area contributed by atoms with Crippen LogP contribution >= 0.6 is 11.6 Å². The van der Waals surface area contributed by atoms with Gasteiger partial charge < -0.3 is 4.98 Å². The second kappa shape index (κ2) is 3.68. The fourth-order valence-electron chi connectivity index (χ4n) is 2.43. The summed E-state index contributed by atoms with van der Waals surface area (Å²) in [5, 5.41) is 2.34. The van der Waals surface area contributed by atoms with Gasteiger partial charge in [0.1, 0.15) is 5.82 Å². The summed E-state index contributed by atoms with van der Waals surface area (Å²) in [5.41, 5.74) is 3.31. The standard InChI is InChI=1S/C15H8ClFN2/c16-11-2-1-3-12-9(11)7-14-15(19-12)10-6-8(17)4-5-13(10)18-14/h1-7,18H. The summed E-state index contributed by atoms with van der Waals surface area (Å²) in [6, 6.07) is 12.2. The number of rotatable bonds is 0. The van der Waals surface area contributed by atoms with Crippen LogP contribution in [0.15, 0.2) is 42.5 Å². The van der Waals surface area contributed by atoms with Crippen molar-refractivity contribution in [3.8, 4) is 0 Å². The zero-order chi connectivity index (χ0) is 13.0. The summed E-state index contributed by atoms with van der Waals surface area (Å²) in [7, 11) is 0. The summed E-state index contributed by atoms with van der Waals surface area (Å²) in [6.45, 7) is 0. The van der Waals surface area contributed by atoms with E-state index in [9.17, 15) is 4.39 Å². The molecule has 0 radical (unpaired) electrons. The van der Waals surface area contributed by atoms with E-state index in [1.54, 1.807) is 6.07 Å². The van der Waals surface area contributed by atoms with Crippen LogP contribution in [0.3, 0.4) is 0 Å². The van der Waals surface area contributed by atoms with E-state index >= 15 is 0 Å². The zero-order valence-corrected chi connectivity index (χ0v) is 10.5. The molecule has 1 N–H and O–H groups in total. The van der Waals surface area contributed by atoms with E-state index in [1.807, 2.05) is 24.3 Å². The molecular formula is C15H8ClFN2. The minimum absolute atomic E-state index is 0.263. The number of fused-ring (bicyclic) bond motifs is 4. The SMILES string of the molecule is Fc1ccc2[nH]c3cc4c(Cl)cccc4nc3c2c1. The van der Waals surface area contributed by atoms with Crippen LogP contribution in [0.2, 0.25) is 5.02 Å². The molecule has 2 aromatic carbocycles. The van der Waals surface area contributed by atoms with Crippen LogP contribution in [-0.2, 0) is 0 Å². The number of hydrogen-bond acceptors (Lipinski definition) is 1. The van der Waals surface area contributed by atoms with Crippen molar-refractivity contribution in [3.05, 3.63) is 53.3 Å². The van der Waals surface area contributed by atoms with Gasteiger partial charge in [0.25, 0.3) is 0 Å². The summed E-state index contributed by atoms with van der Waals surface area (Å²) in [5.74, 6) is -0.263. The second-order valence-corrected chi connectivity index (χ2v) is 4.91. The molecule has 2 heterocycles. The van der Waals surface area contributed by atoms with Crippen molar-refractivity contribution >= 4 is 44.4 Å². The van der Waals surface area contributed by atoms with E-state index in [4.69, 9.17) is 11.6 Å². The summed E-state index contributed by atoms with van der Waals surface area (Å²) in [4.78, 5) is 7.82. The number of nitrogens with one attached hydrogen (secondary N) is 1. The van der Waals surface area contributed by atoms with Gasteiger partial charge in [-0.2, -0.15) is 0 Å². The molecule has 92 valence electrons. The van der Waals surface area contributed by atoms with Crippen molar-refractivity contribution in [2.75, 3.05) is 0 Å². The van der Waals surface area contributed by atoms with Gasteiger partial charge in [0, 0.05) is 16.3 Å². The van der Waals surface area contributed by atoms with Crippen LogP contribution in [0, 0.1) is 5.82 Å². The van der Waals surface area contributed by atoms with Crippen molar-refractivity contribution in [1.82, 2.24) is 9.97 Å². The smallest absolute Gasteiger partial charge is 0.124 e. The fraction of sp³-hybridized carbons (Fsp3) is 0. The molecule has 0 aliphatic rings. The highest BCUT2D eigenvalue weighted by molar-refractivity contribution is 6.35. The largest absolute Gasteiger partial charge is 0.353 e. The van der Waals surface area contributed by atoms with E-state index in [2.05, 4.69) is 9.97 Å². The monoisotopic (exact) mass is 270 g/mol. The Morgan fingerprint density at radius 1 is 1.00 bits per heavy atom. The number of hydrogen-bond donors (Lipinski definition) is 1. The molecule has 2 aromatic heterocycles. The predicted octanol–water partition coefficient (Wildman–Crippen LogP) is 4.66. The quantitative estimate of drug-likeness (QED) is 0.494. The Bertz CT molecular complexity index is 943. The molecule has 2 nitrogen and oxygen atoms in total. The van der Waals surface area contributed by atoms with Gasteiger partial charge in [0.05, 0.1) is 21.6 Å². The molecule has 0 spiro atoms. The lowest BCUT2D eigenvalue weighted by Crippen LogP contribution is -1.81. The number of aromatic amines is 1. The molecular weight excluding hydrogens is 263 g/mol. The lowest BCUT2D eigenvalue weighted by molar-refractivity contribution is 0.630. The van der Waals surface area contributed by atoms with Crippen LogP contribution in [-0.4, -0.2) is 9.97 Å². The molecule has 4 aromatic rings.